The molecule has 0 aliphatic rings. The molecule has 9 rings (SSSR count). The summed E-state index contributed by atoms with van der Waals surface area (Å²) < 4.78 is 0. The summed E-state index contributed by atoms with van der Waals surface area (Å²) >= 11 is 3.66. The van der Waals surface area contributed by atoms with E-state index >= 15 is 0 Å². The average Bonchev–Trinajstić information content (AvgIpc) is 3.85. The monoisotopic (exact) mass is 650 g/mol. The molecule has 0 aliphatic carbocycles. The van der Waals surface area contributed by atoms with Gasteiger partial charge in [-0.05, 0) is 111 Å². The van der Waals surface area contributed by atoms with Crippen LogP contribution in [0.5, 0.6) is 0 Å². The van der Waals surface area contributed by atoms with E-state index in [1.54, 1.807) is 0 Å². The number of hydrogen-bond acceptors (Lipinski definition) is 4. The molecule has 0 unspecified atom stereocenters. The zero-order valence-corrected chi connectivity index (χ0v) is 27.7. The average molecular weight is 651 g/mol. The minimum absolute atomic E-state index is 1.13. The van der Waals surface area contributed by atoms with E-state index in [0.717, 1.165) is 34.1 Å². The Balaban J connectivity index is 1.35. The Morgan fingerprint density at radius 1 is 0.333 bits per heavy atom. The molecular formula is C44H30N2S2. The van der Waals surface area contributed by atoms with E-state index in [0.29, 0.717) is 0 Å². The predicted molar refractivity (Wildman–Crippen MR) is 210 cm³/mol. The van der Waals surface area contributed by atoms with Gasteiger partial charge in [0, 0.05) is 49.8 Å². The Hall–Kier alpha value is -5.68. The van der Waals surface area contributed by atoms with Crippen LogP contribution in [0.15, 0.2) is 181 Å². The van der Waals surface area contributed by atoms with Gasteiger partial charge in [0.15, 0.2) is 0 Å². The fourth-order valence-corrected chi connectivity index (χ4v) is 8.82. The number of rotatable bonds is 7. The third-order valence-electron chi connectivity index (χ3n) is 8.97. The van der Waals surface area contributed by atoms with Crippen LogP contribution in [0.1, 0.15) is 0 Å². The third-order valence-corrected chi connectivity index (χ3v) is 11.0. The van der Waals surface area contributed by atoms with E-state index in [2.05, 4.69) is 190 Å². The molecular weight excluding hydrogens is 621 g/mol. The summed E-state index contributed by atoms with van der Waals surface area (Å²) in [5, 5.41) is 12.2. The molecule has 7 aromatic carbocycles. The van der Waals surface area contributed by atoms with Gasteiger partial charge in [-0.15, -0.1) is 22.7 Å². The Morgan fingerprint density at radius 3 is 1.25 bits per heavy atom. The minimum Gasteiger partial charge on any atom is -0.310 e. The molecule has 0 fully saturated rings. The smallest absolute Gasteiger partial charge is 0.0527 e. The van der Waals surface area contributed by atoms with Gasteiger partial charge in [-0.25, -0.2) is 0 Å². The molecule has 2 nitrogen and oxygen atoms in total. The van der Waals surface area contributed by atoms with E-state index < -0.39 is 0 Å². The standard InChI is InChI=1S/C44H30N2S2/c1-5-14-31(15-6-1)45(32-16-7-2-8-17-32)35-23-25-37-39(28-35)40-29-36(46(33-18-9-3-10-19-33)34-20-11-4-12-21-34)24-26-38(40)43-41(37)30-48-44(43)42-22-13-27-47-42/h1-30H. The lowest BCUT2D eigenvalue weighted by molar-refractivity contribution is 1.29. The van der Waals surface area contributed by atoms with Crippen LogP contribution in [0.25, 0.3) is 42.1 Å². The van der Waals surface area contributed by atoms with Crippen LogP contribution >= 0.6 is 22.7 Å². The highest BCUT2D eigenvalue weighted by Crippen LogP contribution is 2.48. The molecule has 0 saturated heterocycles. The second-order valence-electron chi connectivity index (χ2n) is 11.8. The normalized spacial score (nSPS) is 11.3. The van der Waals surface area contributed by atoms with Gasteiger partial charge in [-0.1, -0.05) is 91.0 Å². The van der Waals surface area contributed by atoms with Gasteiger partial charge in [-0.3, -0.25) is 0 Å². The molecule has 0 spiro atoms. The predicted octanol–water partition coefficient (Wildman–Crippen LogP) is 13.9. The van der Waals surface area contributed by atoms with Gasteiger partial charge in [-0.2, -0.15) is 0 Å². The molecule has 0 atom stereocenters. The van der Waals surface area contributed by atoms with Crippen molar-refractivity contribution in [1.29, 1.82) is 0 Å². The van der Waals surface area contributed by atoms with Crippen LogP contribution in [-0.4, -0.2) is 0 Å². The van der Waals surface area contributed by atoms with E-state index in [-0.39, 0.29) is 0 Å². The first-order valence-corrected chi connectivity index (χ1v) is 17.8. The van der Waals surface area contributed by atoms with Gasteiger partial charge in [0.1, 0.15) is 0 Å². The zero-order chi connectivity index (χ0) is 31.9. The lowest BCUT2D eigenvalue weighted by Gasteiger charge is -2.27. The number of hydrogen-bond donors (Lipinski definition) is 0. The molecule has 9 aromatic rings. The Bertz CT molecular complexity index is 2410. The van der Waals surface area contributed by atoms with E-state index in [9.17, 15) is 0 Å². The van der Waals surface area contributed by atoms with E-state index in [1.165, 1.54) is 42.1 Å². The summed E-state index contributed by atoms with van der Waals surface area (Å²) in [4.78, 5) is 7.35. The molecule has 2 aromatic heterocycles. The number of para-hydroxylation sites is 4. The molecule has 48 heavy (non-hydrogen) atoms. The van der Waals surface area contributed by atoms with Crippen LogP contribution in [-0.2, 0) is 0 Å². The van der Waals surface area contributed by atoms with E-state index in [1.807, 2.05) is 22.7 Å². The third kappa shape index (κ3) is 4.94. The molecule has 0 saturated carbocycles. The second kappa shape index (κ2) is 12.2. The van der Waals surface area contributed by atoms with Crippen molar-refractivity contribution in [2.24, 2.45) is 0 Å². The highest BCUT2D eigenvalue weighted by molar-refractivity contribution is 7.21. The van der Waals surface area contributed by atoms with Crippen molar-refractivity contribution in [3.05, 3.63) is 181 Å². The largest absolute Gasteiger partial charge is 0.310 e. The first-order valence-electron chi connectivity index (χ1n) is 16.1. The summed E-state index contributed by atoms with van der Waals surface area (Å²) in [6.07, 6.45) is 0. The molecule has 0 amide bonds. The fraction of sp³-hybridized carbons (Fsp3) is 0. The maximum atomic E-state index is 2.39. The lowest BCUT2D eigenvalue weighted by atomic mass is 9.94. The lowest BCUT2D eigenvalue weighted by Crippen LogP contribution is -2.10. The maximum Gasteiger partial charge on any atom is 0.0527 e. The fourth-order valence-electron chi connectivity index (χ4n) is 6.86. The van der Waals surface area contributed by atoms with Gasteiger partial charge < -0.3 is 9.80 Å². The summed E-state index contributed by atoms with van der Waals surface area (Å²) in [5.74, 6) is 0. The SMILES string of the molecule is c1ccc(N(c2ccccc2)c2ccc3c(c2)c2cc(N(c4ccccc4)c4ccccc4)ccc2c2c(-c4cccs4)scc32)cc1. The molecule has 2 heterocycles. The highest BCUT2D eigenvalue weighted by atomic mass is 32.1. The molecule has 0 N–H and O–H groups in total. The van der Waals surface area contributed by atoms with Gasteiger partial charge in [0.2, 0.25) is 0 Å². The molecule has 0 aliphatic heterocycles. The Labute approximate surface area is 288 Å². The summed E-state index contributed by atoms with van der Waals surface area (Å²) in [5.41, 5.74) is 6.77. The van der Waals surface area contributed by atoms with Crippen LogP contribution in [0.4, 0.5) is 34.1 Å². The number of fused-ring (bicyclic) bond motifs is 6. The van der Waals surface area contributed by atoms with E-state index in [4.69, 9.17) is 0 Å². The summed E-state index contributed by atoms with van der Waals surface area (Å²) in [6.45, 7) is 0. The molecule has 228 valence electrons. The molecule has 4 heteroatoms. The van der Waals surface area contributed by atoms with Crippen molar-refractivity contribution in [3.8, 4) is 9.75 Å². The minimum atomic E-state index is 1.13. The second-order valence-corrected chi connectivity index (χ2v) is 13.6. The topological polar surface area (TPSA) is 6.48 Å². The maximum absolute atomic E-state index is 2.39. The Kier molecular flexibility index (Phi) is 7.23. The van der Waals surface area contributed by atoms with Crippen molar-refractivity contribution in [3.63, 3.8) is 0 Å². The van der Waals surface area contributed by atoms with Crippen LogP contribution in [0, 0.1) is 0 Å². The number of nitrogens with zero attached hydrogens (tertiary/aromatic N) is 2. The molecule has 0 radical (unpaired) electrons. The van der Waals surface area contributed by atoms with Gasteiger partial charge in [0.25, 0.3) is 0 Å². The van der Waals surface area contributed by atoms with Crippen molar-refractivity contribution in [2.75, 3.05) is 9.80 Å². The zero-order valence-electron chi connectivity index (χ0n) is 26.0. The first-order chi connectivity index (χ1) is 23.8. The highest BCUT2D eigenvalue weighted by Gasteiger charge is 2.20. The number of thiophene rings is 2. The van der Waals surface area contributed by atoms with Crippen LogP contribution < -0.4 is 9.80 Å². The quantitative estimate of drug-likeness (QED) is 0.158. The van der Waals surface area contributed by atoms with Crippen molar-refractivity contribution >= 4 is 89.1 Å². The first kappa shape index (κ1) is 28.5. The Morgan fingerprint density at radius 2 is 0.792 bits per heavy atom. The number of anilines is 6. The van der Waals surface area contributed by atoms with Crippen LogP contribution in [0.3, 0.4) is 0 Å². The molecule has 0 bridgehead atoms. The van der Waals surface area contributed by atoms with Crippen molar-refractivity contribution < 1.29 is 0 Å². The summed E-state index contributed by atoms with van der Waals surface area (Å²) in [6, 6.07) is 61.0. The van der Waals surface area contributed by atoms with Gasteiger partial charge in [0.05, 0.1) is 4.88 Å². The van der Waals surface area contributed by atoms with Gasteiger partial charge >= 0.3 is 0 Å². The summed E-state index contributed by atoms with van der Waals surface area (Å²) in [7, 11) is 0. The number of benzene rings is 7. The van der Waals surface area contributed by atoms with Crippen molar-refractivity contribution in [1.82, 2.24) is 0 Å². The van der Waals surface area contributed by atoms with Crippen molar-refractivity contribution in [2.45, 2.75) is 0 Å². The van der Waals surface area contributed by atoms with Crippen LogP contribution in [0.2, 0.25) is 0 Å².